The van der Waals surface area contributed by atoms with Gasteiger partial charge in [0.1, 0.15) is 0 Å². The zero-order valence-electron chi connectivity index (χ0n) is 12.8. The Morgan fingerprint density at radius 3 is 2.46 bits per heavy atom. The number of thiocarbonyl (C=S) groups is 1. The third-order valence-electron chi connectivity index (χ3n) is 3.91. The molecule has 0 saturated carbocycles. The molecule has 0 N–H and O–H groups in total. The van der Waals surface area contributed by atoms with E-state index in [1.807, 2.05) is 42.7 Å². The number of benzene rings is 2. The van der Waals surface area contributed by atoms with Crippen molar-refractivity contribution in [1.82, 2.24) is 9.97 Å². The number of fused-ring (bicyclic) bond motifs is 3. The first-order valence-corrected chi connectivity index (χ1v) is 9.06. The van der Waals surface area contributed by atoms with Crippen LogP contribution in [0.2, 0.25) is 0 Å². The summed E-state index contributed by atoms with van der Waals surface area (Å²) in [5.41, 5.74) is 4.24. The molecule has 4 heteroatoms. The molecule has 2 nitrogen and oxygen atoms in total. The van der Waals surface area contributed by atoms with Crippen LogP contribution in [0.25, 0.3) is 21.8 Å². The van der Waals surface area contributed by atoms with Crippen LogP contribution in [0.5, 0.6) is 0 Å². The largest absolute Gasteiger partial charge is 0.254 e. The zero-order valence-corrected chi connectivity index (χ0v) is 14.5. The molecule has 4 aromatic rings. The second-order valence-corrected chi connectivity index (χ2v) is 7.10. The molecular formula is C20H14N2S2. The molecule has 0 aliphatic carbocycles. The number of aromatic nitrogens is 2. The van der Waals surface area contributed by atoms with Gasteiger partial charge in [0, 0.05) is 28.9 Å². The summed E-state index contributed by atoms with van der Waals surface area (Å²) in [7, 11) is 0. The summed E-state index contributed by atoms with van der Waals surface area (Å²) < 4.78 is 0.916. The van der Waals surface area contributed by atoms with Crippen LogP contribution in [0.4, 0.5) is 0 Å². The van der Waals surface area contributed by atoms with E-state index in [9.17, 15) is 0 Å². The SMILES string of the molecule is S=C(SCc1cc2cccnc2c2ncccc12)c1ccccc1. The van der Waals surface area contributed by atoms with Gasteiger partial charge in [-0.3, -0.25) is 9.97 Å². The van der Waals surface area contributed by atoms with E-state index in [1.54, 1.807) is 11.8 Å². The highest BCUT2D eigenvalue weighted by atomic mass is 32.2. The van der Waals surface area contributed by atoms with Gasteiger partial charge in [0.15, 0.2) is 0 Å². The van der Waals surface area contributed by atoms with E-state index in [0.29, 0.717) is 0 Å². The van der Waals surface area contributed by atoms with E-state index in [0.717, 1.165) is 37.3 Å². The molecule has 0 fully saturated rings. The van der Waals surface area contributed by atoms with Crippen LogP contribution in [0, 0.1) is 0 Å². The third kappa shape index (κ3) is 2.90. The van der Waals surface area contributed by atoms with Gasteiger partial charge in [0.05, 0.1) is 15.2 Å². The normalized spacial score (nSPS) is 11.0. The first kappa shape index (κ1) is 15.2. The van der Waals surface area contributed by atoms with Gasteiger partial charge in [-0.05, 0) is 29.3 Å². The second-order valence-electron chi connectivity index (χ2n) is 5.45. The van der Waals surface area contributed by atoms with Crippen LogP contribution in [0.15, 0.2) is 73.1 Å². The molecule has 0 spiro atoms. The second kappa shape index (κ2) is 6.67. The molecule has 2 heterocycles. The van der Waals surface area contributed by atoms with E-state index in [4.69, 9.17) is 12.2 Å². The third-order valence-corrected chi connectivity index (χ3v) is 5.46. The van der Waals surface area contributed by atoms with E-state index in [-0.39, 0.29) is 0 Å². The average molecular weight is 346 g/mol. The topological polar surface area (TPSA) is 25.8 Å². The van der Waals surface area contributed by atoms with Crippen LogP contribution in [0.3, 0.4) is 0 Å². The lowest BCUT2D eigenvalue weighted by Crippen LogP contribution is -1.94. The summed E-state index contributed by atoms with van der Waals surface area (Å²) >= 11 is 7.26. The molecule has 2 aromatic carbocycles. The van der Waals surface area contributed by atoms with Crippen LogP contribution in [-0.2, 0) is 5.75 Å². The number of hydrogen-bond donors (Lipinski definition) is 0. The zero-order chi connectivity index (χ0) is 16.4. The lowest BCUT2D eigenvalue weighted by Gasteiger charge is -2.09. The summed E-state index contributed by atoms with van der Waals surface area (Å²) in [6, 6.07) is 20.5. The Kier molecular flexibility index (Phi) is 4.24. The van der Waals surface area contributed by atoms with Crippen molar-refractivity contribution >= 4 is 50.0 Å². The molecule has 0 bridgehead atoms. The fraction of sp³-hybridized carbons (Fsp3) is 0.0500. The highest BCUT2D eigenvalue weighted by Gasteiger charge is 2.10. The minimum atomic E-state index is 0.820. The molecular weight excluding hydrogens is 332 g/mol. The van der Waals surface area contributed by atoms with Crippen molar-refractivity contribution in [2.45, 2.75) is 5.75 Å². The fourth-order valence-electron chi connectivity index (χ4n) is 2.77. The van der Waals surface area contributed by atoms with Gasteiger partial charge in [0.2, 0.25) is 0 Å². The fourth-order valence-corrected chi connectivity index (χ4v) is 3.91. The molecule has 0 aliphatic rings. The van der Waals surface area contributed by atoms with Crippen molar-refractivity contribution in [2.75, 3.05) is 0 Å². The van der Waals surface area contributed by atoms with Crippen LogP contribution in [0.1, 0.15) is 11.1 Å². The molecule has 0 atom stereocenters. The van der Waals surface area contributed by atoms with Gasteiger partial charge < -0.3 is 0 Å². The number of nitrogens with zero attached hydrogens (tertiary/aromatic N) is 2. The van der Waals surface area contributed by atoms with E-state index >= 15 is 0 Å². The Morgan fingerprint density at radius 1 is 0.875 bits per heavy atom. The Hall–Kier alpha value is -2.30. The predicted molar refractivity (Wildman–Crippen MR) is 106 cm³/mol. The standard InChI is InChI=1S/C20H14N2S2/c23-20(14-6-2-1-3-7-14)24-13-16-12-15-8-4-10-21-18(15)19-17(16)9-5-11-22-19/h1-12H,13H2. The van der Waals surface area contributed by atoms with E-state index < -0.39 is 0 Å². The van der Waals surface area contributed by atoms with Crippen LogP contribution >= 0.6 is 24.0 Å². The van der Waals surface area contributed by atoms with Crippen molar-refractivity contribution in [3.8, 4) is 0 Å². The molecule has 0 unspecified atom stereocenters. The molecule has 4 rings (SSSR count). The number of hydrogen-bond acceptors (Lipinski definition) is 4. The maximum Gasteiger partial charge on any atom is 0.0967 e. The highest BCUT2D eigenvalue weighted by molar-refractivity contribution is 8.23. The van der Waals surface area contributed by atoms with Crippen molar-refractivity contribution in [2.24, 2.45) is 0 Å². The van der Waals surface area contributed by atoms with Crippen LogP contribution in [-0.4, -0.2) is 14.2 Å². The summed E-state index contributed by atoms with van der Waals surface area (Å²) in [4.78, 5) is 9.05. The molecule has 24 heavy (non-hydrogen) atoms. The maximum absolute atomic E-state index is 5.57. The van der Waals surface area contributed by atoms with E-state index in [1.165, 1.54) is 5.56 Å². The monoisotopic (exact) mass is 346 g/mol. The molecule has 0 aliphatic heterocycles. The lowest BCUT2D eigenvalue weighted by atomic mass is 10.1. The van der Waals surface area contributed by atoms with Gasteiger partial charge >= 0.3 is 0 Å². The first-order chi connectivity index (χ1) is 11.8. The summed E-state index contributed by atoms with van der Waals surface area (Å²) in [5.74, 6) is 0.820. The summed E-state index contributed by atoms with van der Waals surface area (Å²) in [6.45, 7) is 0. The number of thioether (sulfide) groups is 1. The Morgan fingerprint density at radius 2 is 1.62 bits per heavy atom. The van der Waals surface area contributed by atoms with Gasteiger partial charge in [0.25, 0.3) is 0 Å². The van der Waals surface area contributed by atoms with Crippen molar-refractivity contribution < 1.29 is 0 Å². The smallest absolute Gasteiger partial charge is 0.0967 e. The van der Waals surface area contributed by atoms with Crippen LogP contribution < -0.4 is 0 Å². The molecule has 2 aromatic heterocycles. The minimum Gasteiger partial charge on any atom is -0.254 e. The Labute approximate surface area is 150 Å². The maximum atomic E-state index is 5.57. The number of pyridine rings is 2. The number of rotatable bonds is 3. The van der Waals surface area contributed by atoms with Crippen molar-refractivity contribution in [3.05, 3.63) is 84.2 Å². The lowest BCUT2D eigenvalue weighted by molar-refractivity contribution is 1.36. The summed E-state index contributed by atoms with van der Waals surface area (Å²) in [5, 5.41) is 2.26. The average Bonchev–Trinajstić information content (AvgIpc) is 2.66. The van der Waals surface area contributed by atoms with Gasteiger partial charge in [-0.15, -0.1) is 11.8 Å². The Balaban J connectivity index is 1.72. The predicted octanol–water partition coefficient (Wildman–Crippen LogP) is 5.39. The Bertz CT molecular complexity index is 1030. The molecule has 0 radical (unpaired) electrons. The van der Waals surface area contributed by atoms with Crippen molar-refractivity contribution in [1.29, 1.82) is 0 Å². The molecule has 0 saturated heterocycles. The van der Waals surface area contributed by atoms with Gasteiger partial charge in [-0.1, -0.05) is 54.7 Å². The van der Waals surface area contributed by atoms with E-state index in [2.05, 4.69) is 40.3 Å². The minimum absolute atomic E-state index is 0.820. The molecule has 116 valence electrons. The highest BCUT2D eigenvalue weighted by Crippen LogP contribution is 2.29. The van der Waals surface area contributed by atoms with Gasteiger partial charge in [-0.25, -0.2) is 0 Å². The summed E-state index contributed by atoms with van der Waals surface area (Å²) in [6.07, 6.45) is 3.64. The molecule has 0 amide bonds. The van der Waals surface area contributed by atoms with Crippen molar-refractivity contribution in [3.63, 3.8) is 0 Å². The van der Waals surface area contributed by atoms with Gasteiger partial charge in [-0.2, -0.15) is 0 Å². The first-order valence-electron chi connectivity index (χ1n) is 7.66. The quantitative estimate of drug-likeness (QED) is 0.367.